The standard InChI is InChI=1S/C21H32N4O2/c1-27-19-12-14(2-6-22)20(15(13-19)3-7-23)18-10-16(4-8-24)21(26)17(11-18)5-9-25/h10-13,26H,2-9,22-25H2,1H3. The molecule has 0 aromatic heterocycles. The van der Waals surface area contributed by atoms with Crippen molar-refractivity contribution in [2.45, 2.75) is 25.7 Å². The van der Waals surface area contributed by atoms with Crippen LogP contribution in [0.2, 0.25) is 0 Å². The molecule has 6 nitrogen and oxygen atoms in total. The Kier molecular flexibility index (Phi) is 8.06. The summed E-state index contributed by atoms with van der Waals surface area (Å²) in [6.07, 6.45) is 2.66. The Hall–Kier alpha value is -2.12. The summed E-state index contributed by atoms with van der Waals surface area (Å²) in [4.78, 5) is 0. The lowest BCUT2D eigenvalue weighted by atomic mass is 9.88. The summed E-state index contributed by atoms with van der Waals surface area (Å²) in [6, 6.07) is 8.09. The van der Waals surface area contributed by atoms with Crippen molar-refractivity contribution in [2.24, 2.45) is 22.9 Å². The Morgan fingerprint density at radius 3 is 1.48 bits per heavy atom. The molecule has 2 rings (SSSR count). The monoisotopic (exact) mass is 372 g/mol. The van der Waals surface area contributed by atoms with Gasteiger partial charge in [0, 0.05) is 0 Å². The molecular formula is C21H32N4O2. The molecular weight excluding hydrogens is 340 g/mol. The minimum absolute atomic E-state index is 0.295. The molecule has 0 aliphatic carbocycles. The molecule has 0 spiro atoms. The molecule has 0 heterocycles. The third-order valence-electron chi connectivity index (χ3n) is 4.72. The molecule has 2 aromatic rings. The molecule has 148 valence electrons. The Bertz CT molecular complexity index is 708. The largest absolute Gasteiger partial charge is 0.507 e. The van der Waals surface area contributed by atoms with Gasteiger partial charge in [0.25, 0.3) is 0 Å². The van der Waals surface area contributed by atoms with E-state index in [0.29, 0.717) is 44.8 Å². The first-order valence-corrected chi connectivity index (χ1v) is 9.44. The van der Waals surface area contributed by atoms with Crippen molar-refractivity contribution in [1.29, 1.82) is 0 Å². The highest BCUT2D eigenvalue weighted by Gasteiger charge is 2.17. The zero-order valence-electron chi connectivity index (χ0n) is 16.1. The van der Waals surface area contributed by atoms with Gasteiger partial charge in [-0.25, -0.2) is 0 Å². The van der Waals surface area contributed by atoms with Gasteiger partial charge in [-0.05, 0) is 110 Å². The Labute approximate surface area is 161 Å². The van der Waals surface area contributed by atoms with Crippen LogP contribution in [0.5, 0.6) is 11.5 Å². The lowest BCUT2D eigenvalue weighted by molar-refractivity contribution is 0.414. The van der Waals surface area contributed by atoms with E-state index in [-0.39, 0.29) is 0 Å². The molecule has 0 aliphatic rings. The summed E-state index contributed by atoms with van der Waals surface area (Å²) in [6.45, 7) is 2.00. The Morgan fingerprint density at radius 2 is 1.11 bits per heavy atom. The van der Waals surface area contributed by atoms with E-state index in [1.165, 1.54) is 0 Å². The average molecular weight is 373 g/mol. The average Bonchev–Trinajstić information content (AvgIpc) is 2.65. The van der Waals surface area contributed by atoms with Crippen molar-refractivity contribution < 1.29 is 9.84 Å². The fourth-order valence-corrected chi connectivity index (χ4v) is 3.53. The molecule has 0 amide bonds. The predicted octanol–water partition coefficient (Wildman–Crippen LogP) is 1.07. The van der Waals surface area contributed by atoms with E-state index in [2.05, 4.69) is 0 Å². The van der Waals surface area contributed by atoms with Crippen LogP contribution in [-0.2, 0) is 25.7 Å². The number of methoxy groups -OCH3 is 1. The minimum Gasteiger partial charge on any atom is -0.507 e. The first kappa shape index (κ1) is 21.2. The number of hydrogen-bond acceptors (Lipinski definition) is 6. The molecule has 9 N–H and O–H groups in total. The van der Waals surface area contributed by atoms with Gasteiger partial charge >= 0.3 is 0 Å². The maximum absolute atomic E-state index is 10.6. The highest BCUT2D eigenvalue weighted by atomic mass is 16.5. The van der Waals surface area contributed by atoms with Crippen LogP contribution in [0.15, 0.2) is 24.3 Å². The van der Waals surface area contributed by atoms with Crippen LogP contribution in [0.4, 0.5) is 0 Å². The van der Waals surface area contributed by atoms with E-state index < -0.39 is 0 Å². The van der Waals surface area contributed by atoms with Gasteiger partial charge < -0.3 is 32.8 Å². The Balaban J connectivity index is 2.73. The summed E-state index contributed by atoms with van der Waals surface area (Å²) in [5.41, 5.74) is 29.3. The number of rotatable bonds is 10. The van der Waals surface area contributed by atoms with Crippen molar-refractivity contribution in [1.82, 2.24) is 0 Å². The van der Waals surface area contributed by atoms with Crippen LogP contribution in [0.3, 0.4) is 0 Å². The maximum atomic E-state index is 10.6. The second kappa shape index (κ2) is 10.3. The quantitative estimate of drug-likeness (QED) is 0.424. The first-order chi connectivity index (χ1) is 13.1. The van der Waals surface area contributed by atoms with Gasteiger partial charge in [0.1, 0.15) is 11.5 Å². The summed E-state index contributed by atoms with van der Waals surface area (Å²) in [7, 11) is 1.66. The molecule has 0 radical (unpaired) electrons. The van der Waals surface area contributed by atoms with Gasteiger partial charge in [-0.3, -0.25) is 0 Å². The lowest BCUT2D eigenvalue weighted by Gasteiger charge is -2.19. The number of phenolic OH excluding ortho intramolecular Hbond substituents is 1. The highest BCUT2D eigenvalue weighted by Crippen LogP contribution is 2.37. The third kappa shape index (κ3) is 4.99. The summed E-state index contributed by atoms with van der Waals surface area (Å²) < 4.78 is 5.47. The van der Waals surface area contributed by atoms with E-state index in [0.717, 1.165) is 52.0 Å². The molecule has 0 fully saturated rings. The van der Waals surface area contributed by atoms with Gasteiger partial charge in [0.2, 0.25) is 0 Å². The number of ether oxygens (including phenoxy) is 1. The zero-order chi connectivity index (χ0) is 19.8. The molecule has 0 atom stereocenters. The topological polar surface area (TPSA) is 134 Å². The van der Waals surface area contributed by atoms with Crippen LogP contribution in [0.1, 0.15) is 22.3 Å². The van der Waals surface area contributed by atoms with E-state index in [9.17, 15) is 5.11 Å². The second-order valence-electron chi connectivity index (χ2n) is 6.62. The van der Waals surface area contributed by atoms with E-state index in [1.54, 1.807) is 7.11 Å². The third-order valence-corrected chi connectivity index (χ3v) is 4.72. The Morgan fingerprint density at radius 1 is 0.704 bits per heavy atom. The smallest absolute Gasteiger partial charge is 0.122 e. The van der Waals surface area contributed by atoms with E-state index in [1.807, 2.05) is 24.3 Å². The van der Waals surface area contributed by atoms with Crippen molar-refractivity contribution in [3.05, 3.63) is 46.5 Å². The number of benzene rings is 2. The van der Waals surface area contributed by atoms with Gasteiger partial charge in [-0.15, -0.1) is 0 Å². The van der Waals surface area contributed by atoms with Crippen LogP contribution < -0.4 is 27.7 Å². The first-order valence-electron chi connectivity index (χ1n) is 9.44. The summed E-state index contributed by atoms with van der Waals surface area (Å²) in [5, 5.41) is 10.6. The SMILES string of the molecule is COc1cc(CCN)c(-c2cc(CCN)c(O)c(CCN)c2)c(CCN)c1. The zero-order valence-corrected chi connectivity index (χ0v) is 16.1. The molecule has 0 unspecified atom stereocenters. The molecule has 0 saturated carbocycles. The fraction of sp³-hybridized carbons (Fsp3) is 0.429. The van der Waals surface area contributed by atoms with Gasteiger partial charge in [-0.1, -0.05) is 0 Å². The normalized spacial score (nSPS) is 11.0. The fourth-order valence-electron chi connectivity index (χ4n) is 3.53. The maximum Gasteiger partial charge on any atom is 0.122 e. The summed E-state index contributed by atoms with van der Waals surface area (Å²) in [5.74, 6) is 1.10. The van der Waals surface area contributed by atoms with Gasteiger partial charge in [-0.2, -0.15) is 0 Å². The van der Waals surface area contributed by atoms with Crippen LogP contribution in [-0.4, -0.2) is 38.4 Å². The number of nitrogens with two attached hydrogens (primary N) is 4. The van der Waals surface area contributed by atoms with Crippen molar-refractivity contribution >= 4 is 0 Å². The van der Waals surface area contributed by atoms with Gasteiger partial charge in [0.05, 0.1) is 7.11 Å². The molecule has 0 bridgehead atoms. The number of hydrogen-bond donors (Lipinski definition) is 5. The van der Waals surface area contributed by atoms with E-state index >= 15 is 0 Å². The van der Waals surface area contributed by atoms with Crippen molar-refractivity contribution in [3.63, 3.8) is 0 Å². The molecule has 27 heavy (non-hydrogen) atoms. The minimum atomic E-state index is 0.295. The summed E-state index contributed by atoms with van der Waals surface area (Å²) >= 11 is 0. The predicted molar refractivity (Wildman–Crippen MR) is 111 cm³/mol. The van der Waals surface area contributed by atoms with Gasteiger partial charge in [0.15, 0.2) is 0 Å². The van der Waals surface area contributed by atoms with Crippen molar-refractivity contribution in [3.8, 4) is 22.6 Å². The molecule has 6 heteroatoms. The van der Waals surface area contributed by atoms with Crippen molar-refractivity contribution in [2.75, 3.05) is 33.3 Å². The van der Waals surface area contributed by atoms with Crippen LogP contribution in [0.25, 0.3) is 11.1 Å². The molecule has 0 aliphatic heterocycles. The van der Waals surface area contributed by atoms with Crippen LogP contribution >= 0.6 is 0 Å². The highest BCUT2D eigenvalue weighted by molar-refractivity contribution is 5.75. The lowest BCUT2D eigenvalue weighted by Crippen LogP contribution is -2.10. The molecule has 2 aromatic carbocycles. The molecule has 0 saturated heterocycles. The van der Waals surface area contributed by atoms with Crippen LogP contribution in [0, 0.1) is 0 Å². The number of phenols is 1. The second-order valence-corrected chi connectivity index (χ2v) is 6.62. The van der Waals surface area contributed by atoms with E-state index in [4.69, 9.17) is 27.7 Å². The number of aromatic hydroxyl groups is 1.